The van der Waals surface area contributed by atoms with Crippen LogP contribution in [0.15, 0.2) is 23.6 Å². The van der Waals surface area contributed by atoms with E-state index in [1.807, 2.05) is 6.92 Å². The summed E-state index contributed by atoms with van der Waals surface area (Å²) in [6.45, 7) is 8.27. The van der Waals surface area contributed by atoms with Gasteiger partial charge in [-0.1, -0.05) is 17.9 Å². The molecule has 0 aromatic heterocycles. The molecule has 0 saturated carbocycles. The SMILES string of the molecule is C=CCOC(C)=C(C)[SiH3]. The van der Waals surface area contributed by atoms with E-state index in [9.17, 15) is 0 Å². The first-order valence-corrected chi connectivity index (χ1v) is 4.06. The third kappa shape index (κ3) is 4.03. The fourth-order valence-corrected chi connectivity index (χ4v) is 0.473. The quantitative estimate of drug-likeness (QED) is 0.322. The molecule has 9 heavy (non-hydrogen) atoms. The van der Waals surface area contributed by atoms with Gasteiger partial charge in [-0.15, -0.1) is 0 Å². The van der Waals surface area contributed by atoms with Crippen molar-refractivity contribution in [2.45, 2.75) is 13.8 Å². The van der Waals surface area contributed by atoms with Crippen LogP contribution in [0.3, 0.4) is 0 Å². The molecule has 0 radical (unpaired) electrons. The summed E-state index contributed by atoms with van der Waals surface area (Å²) in [4.78, 5) is 0. The van der Waals surface area contributed by atoms with E-state index in [0.29, 0.717) is 6.61 Å². The molecule has 2 heteroatoms. The van der Waals surface area contributed by atoms with Crippen LogP contribution in [0.2, 0.25) is 0 Å². The van der Waals surface area contributed by atoms with Crippen molar-refractivity contribution in [3.05, 3.63) is 23.6 Å². The van der Waals surface area contributed by atoms with Gasteiger partial charge in [0.1, 0.15) is 6.61 Å². The normalized spacial score (nSPS) is 12.7. The number of hydrogen-bond donors (Lipinski definition) is 0. The lowest BCUT2D eigenvalue weighted by atomic mass is 10.5. The van der Waals surface area contributed by atoms with Crippen LogP contribution in [0, 0.1) is 0 Å². The number of rotatable bonds is 3. The first-order chi connectivity index (χ1) is 4.18. The lowest BCUT2D eigenvalue weighted by molar-refractivity contribution is 0.248. The maximum Gasteiger partial charge on any atom is 0.106 e. The van der Waals surface area contributed by atoms with Crippen molar-refractivity contribution in [1.29, 1.82) is 0 Å². The maximum atomic E-state index is 5.25. The van der Waals surface area contributed by atoms with Gasteiger partial charge in [-0.3, -0.25) is 0 Å². The second-order valence-electron chi connectivity index (χ2n) is 2.16. The second kappa shape index (κ2) is 4.38. The summed E-state index contributed by atoms with van der Waals surface area (Å²) in [5.74, 6) is 1.06. The van der Waals surface area contributed by atoms with Gasteiger partial charge in [0, 0.05) is 10.2 Å². The summed E-state index contributed by atoms with van der Waals surface area (Å²) >= 11 is 0. The molecule has 0 aromatic rings. The third-order valence-electron chi connectivity index (χ3n) is 1.12. The Bertz CT molecular complexity index is 123. The van der Waals surface area contributed by atoms with Crippen molar-refractivity contribution >= 4 is 10.2 Å². The Labute approximate surface area is 59.8 Å². The van der Waals surface area contributed by atoms with Crippen LogP contribution in [-0.4, -0.2) is 16.8 Å². The summed E-state index contributed by atoms with van der Waals surface area (Å²) in [5, 5.41) is 1.36. The Morgan fingerprint density at radius 2 is 2.22 bits per heavy atom. The molecule has 1 nitrogen and oxygen atoms in total. The van der Waals surface area contributed by atoms with Gasteiger partial charge < -0.3 is 4.74 Å². The minimum Gasteiger partial charge on any atom is -0.495 e. The predicted molar refractivity (Wildman–Crippen MR) is 44.5 cm³/mol. The molecule has 0 rings (SSSR count). The molecular formula is C7H14OSi. The average Bonchev–Trinajstić information content (AvgIpc) is 1.82. The van der Waals surface area contributed by atoms with Crippen LogP contribution in [0.1, 0.15) is 13.8 Å². The Morgan fingerprint density at radius 1 is 1.67 bits per heavy atom. The van der Waals surface area contributed by atoms with Crippen LogP contribution in [-0.2, 0) is 4.74 Å². The van der Waals surface area contributed by atoms with Crippen molar-refractivity contribution in [2.24, 2.45) is 0 Å². The zero-order chi connectivity index (χ0) is 7.28. The van der Waals surface area contributed by atoms with E-state index >= 15 is 0 Å². The lowest BCUT2D eigenvalue weighted by Crippen LogP contribution is -1.91. The predicted octanol–water partition coefficient (Wildman–Crippen LogP) is 0.806. The van der Waals surface area contributed by atoms with E-state index in [4.69, 9.17) is 4.74 Å². The van der Waals surface area contributed by atoms with Crippen molar-refractivity contribution in [3.63, 3.8) is 0 Å². The van der Waals surface area contributed by atoms with Crippen molar-refractivity contribution in [1.82, 2.24) is 0 Å². The van der Waals surface area contributed by atoms with Crippen molar-refractivity contribution in [3.8, 4) is 0 Å². The number of ether oxygens (including phenoxy) is 1. The van der Waals surface area contributed by atoms with E-state index in [1.165, 1.54) is 5.20 Å². The molecule has 0 aliphatic rings. The summed E-state index contributed by atoms with van der Waals surface area (Å²) in [5.41, 5.74) is 0. The topological polar surface area (TPSA) is 9.23 Å². The first kappa shape index (κ1) is 8.50. The average molecular weight is 142 g/mol. The summed E-state index contributed by atoms with van der Waals surface area (Å²) in [6.07, 6.45) is 1.76. The Hall–Kier alpha value is -0.503. The van der Waals surface area contributed by atoms with E-state index in [-0.39, 0.29) is 0 Å². The maximum absolute atomic E-state index is 5.25. The highest BCUT2D eigenvalue weighted by Gasteiger charge is 1.87. The largest absolute Gasteiger partial charge is 0.495 e. The Morgan fingerprint density at radius 3 is 2.56 bits per heavy atom. The molecule has 0 unspecified atom stereocenters. The van der Waals surface area contributed by atoms with Crippen LogP contribution in [0.5, 0.6) is 0 Å². The highest BCUT2D eigenvalue weighted by atomic mass is 28.1. The molecule has 0 aliphatic carbocycles. The van der Waals surface area contributed by atoms with E-state index < -0.39 is 0 Å². The van der Waals surface area contributed by atoms with Crippen molar-refractivity contribution in [2.75, 3.05) is 6.61 Å². The van der Waals surface area contributed by atoms with Crippen LogP contribution < -0.4 is 0 Å². The first-order valence-electron chi connectivity index (χ1n) is 3.06. The van der Waals surface area contributed by atoms with E-state index in [2.05, 4.69) is 13.5 Å². The zero-order valence-electron chi connectivity index (χ0n) is 6.40. The molecular weight excluding hydrogens is 128 g/mol. The minimum absolute atomic E-state index is 0.630. The van der Waals surface area contributed by atoms with Gasteiger partial charge in [0.25, 0.3) is 0 Å². The third-order valence-corrected chi connectivity index (χ3v) is 1.83. The molecule has 0 amide bonds. The molecule has 0 bridgehead atoms. The molecule has 52 valence electrons. The van der Waals surface area contributed by atoms with Gasteiger partial charge in [-0.2, -0.15) is 0 Å². The van der Waals surface area contributed by atoms with Crippen LogP contribution in [0.4, 0.5) is 0 Å². The smallest absolute Gasteiger partial charge is 0.106 e. The lowest BCUT2D eigenvalue weighted by Gasteiger charge is -2.03. The molecule has 0 spiro atoms. The molecule has 0 heterocycles. The number of allylic oxidation sites excluding steroid dienone is 2. The standard InChI is InChI=1S/C7H14OSi/c1-4-5-8-6(2)7(3)9/h4H,1,5H2,2-3,9H3. The molecule has 0 aromatic carbocycles. The molecule has 0 atom stereocenters. The van der Waals surface area contributed by atoms with Crippen LogP contribution >= 0.6 is 0 Å². The number of hydrogen-bond acceptors (Lipinski definition) is 1. The van der Waals surface area contributed by atoms with Crippen molar-refractivity contribution < 1.29 is 4.74 Å². The van der Waals surface area contributed by atoms with Gasteiger partial charge in [-0.05, 0) is 13.8 Å². The molecule has 0 N–H and O–H groups in total. The van der Waals surface area contributed by atoms with Gasteiger partial charge in [-0.25, -0.2) is 0 Å². The highest BCUT2D eigenvalue weighted by molar-refractivity contribution is 6.21. The summed E-state index contributed by atoms with van der Waals surface area (Å²) in [7, 11) is 1.09. The van der Waals surface area contributed by atoms with Gasteiger partial charge in [0.05, 0.1) is 5.76 Å². The summed E-state index contributed by atoms with van der Waals surface area (Å²) < 4.78 is 5.25. The fourth-order valence-electron chi connectivity index (χ4n) is 0.328. The van der Waals surface area contributed by atoms with Gasteiger partial charge in [0.2, 0.25) is 0 Å². The Kier molecular flexibility index (Phi) is 4.14. The molecule has 0 fully saturated rings. The van der Waals surface area contributed by atoms with E-state index in [0.717, 1.165) is 16.0 Å². The molecule has 0 aliphatic heterocycles. The van der Waals surface area contributed by atoms with Gasteiger partial charge in [0.15, 0.2) is 0 Å². The minimum atomic E-state index is 0.630. The van der Waals surface area contributed by atoms with E-state index in [1.54, 1.807) is 6.08 Å². The molecule has 0 saturated heterocycles. The second-order valence-corrected chi connectivity index (χ2v) is 3.66. The van der Waals surface area contributed by atoms with Crippen LogP contribution in [0.25, 0.3) is 0 Å². The zero-order valence-corrected chi connectivity index (χ0v) is 8.40. The fraction of sp³-hybridized carbons (Fsp3) is 0.429. The summed E-state index contributed by atoms with van der Waals surface area (Å²) in [6, 6.07) is 0. The van der Waals surface area contributed by atoms with Gasteiger partial charge >= 0.3 is 0 Å². The Balaban J connectivity index is 3.62. The highest BCUT2D eigenvalue weighted by Crippen LogP contribution is 1.99. The monoisotopic (exact) mass is 142 g/mol.